The Hall–Kier alpha value is -1.22. The molecule has 0 aliphatic heterocycles. The highest BCUT2D eigenvalue weighted by Gasteiger charge is 2.15. The van der Waals surface area contributed by atoms with E-state index in [0.29, 0.717) is 12.0 Å². The summed E-state index contributed by atoms with van der Waals surface area (Å²) >= 11 is 0. The van der Waals surface area contributed by atoms with Gasteiger partial charge in [-0.15, -0.1) is 0 Å². The van der Waals surface area contributed by atoms with Crippen molar-refractivity contribution in [3.8, 4) is 11.5 Å². The van der Waals surface area contributed by atoms with Crippen LogP contribution in [0.15, 0.2) is 18.2 Å². The molecule has 17 heavy (non-hydrogen) atoms. The van der Waals surface area contributed by atoms with E-state index in [1.165, 1.54) is 5.56 Å². The molecule has 0 aromatic heterocycles. The fourth-order valence-corrected chi connectivity index (χ4v) is 2.00. The number of nitrogens with one attached hydrogen (secondary N) is 1. The summed E-state index contributed by atoms with van der Waals surface area (Å²) in [7, 11) is 5.38. The smallest absolute Gasteiger partial charge is 0.122 e. The highest BCUT2D eigenvalue weighted by Crippen LogP contribution is 2.32. The third kappa shape index (κ3) is 3.63. The Kier molecular flexibility index (Phi) is 5.29. The van der Waals surface area contributed by atoms with E-state index in [1.807, 2.05) is 19.2 Å². The molecule has 0 spiro atoms. The molecule has 3 heteroatoms. The fraction of sp³-hybridized carbons (Fsp3) is 0.571. The second-order valence-corrected chi connectivity index (χ2v) is 4.43. The van der Waals surface area contributed by atoms with Gasteiger partial charge in [-0.2, -0.15) is 0 Å². The molecular formula is C14H23NO2. The largest absolute Gasteiger partial charge is 0.497 e. The van der Waals surface area contributed by atoms with E-state index in [2.05, 4.69) is 25.2 Å². The highest BCUT2D eigenvalue weighted by atomic mass is 16.5. The van der Waals surface area contributed by atoms with E-state index in [0.717, 1.165) is 17.9 Å². The third-order valence-electron chi connectivity index (χ3n) is 3.17. The zero-order valence-corrected chi connectivity index (χ0v) is 11.4. The van der Waals surface area contributed by atoms with Crippen molar-refractivity contribution in [2.45, 2.75) is 32.2 Å². The molecule has 0 heterocycles. The maximum Gasteiger partial charge on any atom is 0.122 e. The first-order valence-corrected chi connectivity index (χ1v) is 6.01. The first kappa shape index (κ1) is 13.8. The summed E-state index contributed by atoms with van der Waals surface area (Å²) in [6, 6.07) is 6.44. The van der Waals surface area contributed by atoms with Gasteiger partial charge in [0.15, 0.2) is 0 Å². The van der Waals surface area contributed by atoms with Crippen molar-refractivity contribution in [2.75, 3.05) is 21.3 Å². The average molecular weight is 237 g/mol. The highest BCUT2D eigenvalue weighted by molar-refractivity contribution is 5.42. The van der Waals surface area contributed by atoms with E-state index in [9.17, 15) is 0 Å². The molecule has 3 nitrogen and oxygen atoms in total. The zero-order chi connectivity index (χ0) is 12.8. The van der Waals surface area contributed by atoms with Gasteiger partial charge in [0.25, 0.3) is 0 Å². The number of rotatable bonds is 6. The second kappa shape index (κ2) is 6.50. The molecular weight excluding hydrogens is 214 g/mol. The predicted molar refractivity (Wildman–Crippen MR) is 71.1 cm³/mol. The van der Waals surface area contributed by atoms with Crippen LogP contribution >= 0.6 is 0 Å². The lowest BCUT2D eigenvalue weighted by Gasteiger charge is -2.20. The molecule has 1 aromatic carbocycles. The SMILES string of the molecule is CNC(C)CC(C)c1cc(OC)ccc1OC. The van der Waals surface area contributed by atoms with Gasteiger partial charge in [-0.1, -0.05) is 6.92 Å². The van der Waals surface area contributed by atoms with Gasteiger partial charge in [0.1, 0.15) is 11.5 Å². The number of methoxy groups -OCH3 is 2. The van der Waals surface area contributed by atoms with Gasteiger partial charge in [-0.05, 0) is 44.5 Å². The Morgan fingerprint density at radius 2 is 1.88 bits per heavy atom. The first-order valence-electron chi connectivity index (χ1n) is 6.01. The molecule has 0 aliphatic carbocycles. The van der Waals surface area contributed by atoms with Gasteiger partial charge in [-0.3, -0.25) is 0 Å². The van der Waals surface area contributed by atoms with Crippen LogP contribution in [0.5, 0.6) is 11.5 Å². The van der Waals surface area contributed by atoms with Crippen LogP contribution < -0.4 is 14.8 Å². The maximum atomic E-state index is 5.41. The molecule has 0 bridgehead atoms. The summed E-state index contributed by atoms with van der Waals surface area (Å²) < 4.78 is 10.7. The number of ether oxygens (including phenoxy) is 2. The fourth-order valence-electron chi connectivity index (χ4n) is 2.00. The molecule has 1 rings (SSSR count). The molecule has 0 saturated carbocycles. The molecule has 0 aliphatic rings. The second-order valence-electron chi connectivity index (χ2n) is 4.43. The van der Waals surface area contributed by atoms with Crippen LogP contribution in [-0.2, 0) is 0 Å². The van der Waals surface area contributed by atoms with Crippen molar-refractivity contribution in [1.29, 1.82) is 0 Å². The molecule has 1 N–H and O–H groups in total. The van der Waals surface area contributed by atoms with Gasteiger partial charge >= 0.3 is 0 Å². The van der Waals surface area contributed by atoms with Crippen LogP contribution in [0, 0.1) is 0 Å². The number of benzene rings is 1. The number of hydrogen-bond donors (Lipinski definition) is 1. The Balaban J connectivity index is 2.92. The van der Waals surface area contributed by atoms with E-state index in [4.69, 9.17) is 9.47 Å². The molecule has 1 aromatic rings. The normalized spacial score (nSPS) is 14.2. The van der Waals surface area contributed by atoms with Crippen LogP contribution in [0.1, 0.15) is 31.7 Å². The summed E-state index contributed by atoms with van der Waals surface area (Å²) in [6.07, 6.45) is 1.07. The van der Waals surface area contributed by atoms with Gasteiger partial charge < -0.3 is 14.8 Å². The van der Waals surface area contributed by atoms with E-state index in [-0.39, 0.29) is 0 Å². The lowest BCUT2D eigenvalue weighted by molar-refractivity contribution is 0.392. The van der Waals surface area contributed by atoms with Crippen LogP contribution in [0.2, 0.25) is 0 Å². The molecule has 2 unspecified atom stereocenters. The lowest BCUT2D eigenvalue weighted by atomic mass is 9.93. The van der Waals surface area contributed by atoms with Gasteiger partial charge in [0.05, 0.1) is 14.2 Å². The Bertz CT molecular complexity index is 352. The molecule has 0 amide bonds. The summed E-state index contributed by atoms with van der Waals surface area (Å²) in [5, 5.41) is 3.26. The van der Waals surface area contributed by atoms with Crippen LogP contribution in [0.4, 0.5) is 0 Å². The number of hydrogen-bond acceptors (Lipinski definition) is 3. The van der Waals surface area contributed by atoms with Crippen molar-refractivity contribution >= 4 is 0 Å². The third-order valence-corrected chi connectivity index (χ3v) is 3.17. The summed E-state index contributed by atoms with van der Waals surface area (Å²) in [5.74, 6) is 2.24. The van der Waals surface area contributed by atoms with Gasteiger partial charge in [0.2, 0.25) is 0 Å². The maximum absolute atomic E-state index is 5.41. The van der Waals surface area contributed by atoms with Gasteiger partial charge in [0, 0.05) is 11.6 Å². The van der Waals surface area contributed by atoms with Crippen LogP contribution in [0.3, 0.4) is 0 Å². The van der Waals surface area contributed by atoms with E-state index >= 15 is 0 Å². The standard InChI is InChI=1S/C14H23NO2/c1-10(8-11(2)15-3)13-9-12(16-4)6-7-14(13)17-5/h6-7,9-11,15H,8H2,1-5H3. The summed E-state index contributed by atoms with van der Waals surface area (Å²) in [6.45, 7) is 4.40. The van der Waals surface area contributed by atoms with Crippen molar-refractivity contribution < 1.29 is 9.47 Å². The first-order chi connectivity index (χ1) is 8.12. The van der Waals surface area contributed by atoms with Crippen LogP contribution in [-0.4, -0.2) is 27.3 Å². The molecule has 0 fully saturated rings. The zero-order valence-electron chi connectivity index (χ0n) is 11.4. The monoisotopic (exact) mass is 237 g/mol. The predicted octanol–water partition coefficient (Wildman–Crippen LogP) is 2.81. The average Bonchev–Trinajstić information content (AvgIpc) is 2.37. The molecule has 2 atom stereocenters. The van der Waals surface area contributed by atoms with Crippen molar-refractivity contribution in [3.05, 3.63) is 23.8 Å². The Morgan fingerprint density at radius 3 is 2.41 bits per heavy atom. The molecule has 96 valence electrons. The summed E-state index contributed by atoms with van der Waals surface area (Å²) in [5.41, 5.74) is 1.20. The lowest BCUT2D eigenvalue weighted by Crippen LogP contribution is -2.23. The van der Waals surface area contributed by atoms with Crippen molar-refractivity contribution in [2.24, 2.45) is 0 Å². The van der Waals surface area contributed by atoms with E-state index in [1.54, 1.807) is 14.2 Å². The molecule has 0 radical (unpaired) electrons. The van der Waals surface area contributed by atoms with Crippen molar-refractivity contribution in [1.82, 2.24) is 5.32 Å². The minimum atomic E-state index is 0.433. The van der Waals surface area contributed by atoms with Crippen molar-refractivity contribution in [3.63, 3.8) is 0 Å². The minimum absolute atomic E-state index is 0.433. The topological polar surface area (TPSA) is 30.5 Å². The Morgan fingerprint density at radius 1 is 1.18 bits per heavy atom. The molecule has 0 saturated heterocycles. The Labute approximate surface area is 104 Å². The minimum Gasteiger partial charge on any atom is -0.497 e. The van der Waals surface area contributed by atoms with E-state index < -0.39 is 0 Å². The quantitative estimate of drug-likeness (QED) is 0.825. The summed E-state index contributed by atoms with van der Waals surface area (Å²) in [4.78, 5) is 0. The van der Waals surface area contributed by atoms with Gasteiger partial charge in [-0.25, -0.2) is 0 Å². The van der Waals surface area contributed by atoms with Crippen LogP contribution in [0.25, 0.3) is 0 Å².